The first-order chi connectivity index (χ1) is 5.52. The van der Waals surface area contributed by atoms with Crippen molar-refractivity contribution in [1.29, 1.82) is 0 Å². The number of carbonyl (C=O) groups is 2. The zero-order chi connectivity index (χ0) is 9.30. The Labute approximate surface area is 72.5 Å². The molecule has 1 N–H and O–H groups in total. The van der Waals surface area contributed by atoms with Crippen molar-refractivity contribution >= 4 is 11.8 Å². The van der Waals surface area contributed by atoms with E-state index in [9.17, 15) is 9.59 Å². The highest BCUT2D eigenvalue weighted by Gasteiger charge is 2.33. The molecule has 68 valence electrons. The summed E-state index contributed by atoms with van der Waals surface area (Å²) in [5.41, 5.74) is 0. The van der Waals surface area contributed by atoms with E-state index in [2.05, 4.69) is 5.32 Å². The molecular formula is C9H15NO2. The highest BCUT2D eigenvalue weighted by atomic mass is 16.2. The van der Waals surface area contributed by atoms with Gasteiger partial charge in [0.05, 0.1) is 0 Å². The van der Waals surface area contributed by atoms with Crippen molar-refractivity contribution in [3.63, 3.8) is 0 Å². The van der Waals surface area contributed by atoms with E-state index in [0.29, 0.717) is 12.3 Å². The summed E-state index contributed by atoms with van der Waals surface area (Å²) in [6.45, 7) is 5.87. The SMILES string of the molecule is CC1CC(C(C)C)C(=O)NC1=O. The number of carbonyl (C=O) groups excluding carboxylic acids is 2. The number of rotatable bonds is 1. The van der Waals surface area contributed by atoms with Crippen LogP contribution in [0.3, 0.4) is 0 Å². The van der Waals surface area contributed by atoms with Crippen LogP contribution in [-0.4, -0.2) is 11.8 Å². The van der Waals surface area contributed by atoms with Crippen LogP contribution in [0.4, 0.5) is 0 Å². The van der Waals surface area contributed by atoms with Gasteiger partial charge in [0, 0.05) is 11.8 Å². The number of imide groups is 1. The van der Waals surface area contributed by atoms with Crippen LogP contribution in [0.5, 0.6) is 0 Å². The van der Waals surface area contributed by atoms with Gasteiger partial charge < -0.3 is 0 Å². The summed E-state index contributed by atoms with van der Waals surface area (Å²) in [4.78, 5) is 22.3. The molecule has 1 fully saturated rings. The maximum Gasteiger partial charge on any atom is 0.229 e. The summed E-state index contributed by atoms with van der Waals surface area (Å²) < 4.78 is 0. The fourth-order valence-corrected chi connectivity index (χ4v) is 1.51. The van der Waals surface area contributed by atoms with Crippen LogP contribution >= 0.6 is 0 Å². The summed E-state index contributed by atoms with van der Waals surface area (Å²) >= 11 is 0. The minimum Gasteiger partial charge on any atom is -0.296 e. The molecule has 0 bridgehead atoms. The van der Waals surface area contributed by atoms with Crippen LogP contribution in [0.25, 0.3) is 0 Å². The van der Waals surface area contributed by atoms with Gasteiger partial charge in [-0.3, -0.25) is 14.9 Å². The van der Waals surface area contributed by atoms with E-state index in [1.807, 2.05) is 20.8 Å². The Kier molecular flexibility index (Phi) is 2.50. The fraction of sp³-hybridized carbons (Fsp3) is 0.778. The van der Waals surface area contributed by atoms with Gasteiger partial charge in [0.2, 0.25) is 11.8 Å². The first-order valence-corrected chi connectivity index (χ1v) is 4.37. The molecule has 1 heterocycles. The van der Waals surface area contributed by atoms with E-state index in [-0.39, 0.29) is 23.7 Å². The lowest BCUT2D eigenvalue weighted by Gasteiger charge is -2.27. The van der Waals surface area contributed by atoms with Gasteiger partial charge in [-0.15, -0.1) is 0 Å². The molecule has 3 nitrogen and oxygen atoms in total. The molecule has 2 amide bonds. The van der Waals surface area contributed by atoms with Crippen molar-refractivity contribution in [3.8, 4) is 0 Å². The lowest BCUT2D eigenvalue weighted by Crippen LogP contribution is -2.46. The molecule has 0 saturated carbocycles. The highest BCUT2D eigenvalue weighted by molar-refractivity contribution is 5.99. The third kappa shape index (κ3) is 1.65. The van der Waals surface area contributed by atoms with E-state index >= 15 is 0 Å². The summed E-state index contributed by atoms with van der Waals surface area (Å²) in [5.74, 6) is 0.0818. The molecule has 0 spiro atoms. The van der Waals surface area contributed by atoms with Gasteiger partial charge >= 0.3 is 0 Å². The van der Waals surface area contributed by atoms with Crippen molar-refractivity contribution in [2.45, 2.75) is 27.2 Å². The third-order valence-electron chi connectivity index (χ3n) is 2.44. The second-order valence-electron chi connectivity index (χ2n) is 3.84. The average molecular weight is 169 g/mol. The van der Waals surface area contributed by atoms with E-state index in [1.54, 1.807) is 0 Å². The van der Waals surface area contributed by atoms with Crippen LogP contribution < -0.4 is 5.32 Å². The number of amides is 2. The van der Waals surface area contributed by atoms with Crippen LogP contribution in [0.15, 0.2) is 0 Å². The zero-order valence-electron chi connectivity index (χ0n) is 7.76. The topological polar surface area (TPSA) is 46.2 Å². The lowest BCUT2D eigenvalue weighted by atomic mass is 9.83. The summed E-state index contributed by atoms with van der Waals surface area (Å²) in [6.07, 6.45) is 0.697. The Bertz CT molecular complexity index is 211. The van der Waals surface area contributed by atoms with E-state index in [1.165, 1.54) is 0 Å². The molecule has 12 heavy (non-hydrogen) atoms. The summed E-state index contributed by atoms with van der Waals surface area (Å²) in [6, 6.07) is 0. The van der Waals surface area contributed by atoms with Gasteiger partial charge in [-0.25, -0.2) is 0 Å². The zero-order valence-corrected chi connectivity index (χ0v) is 7.76. The number of piperidine rings is 1. The van der Waals surface area contributed by atoms with Gasteiger partial charge in [-0.1, -0.05) is 20.8 Å². The van der Waals surface area contributed by atoms with E-state index < -0.39 is 0 Å². The second kappa shape index (κ2) is 3.25. The standard InChI is InChI=1S/C9H15NO2/c1-5(2)7-4-6(3)8(11)10-9(7)12/h5-7H,4H2,1-3H3,(H,10,11,12). The smallest absolute Gasteiger partial charge is 0.229 e. The summed E-state index contributed by atoms with van der Waals surface area (Å²) in [7, 11) is 0. The van der Waals surface area contributed by atoms with Crippen LogP contribution in [0, 0.1) is 17.8 Å². The third-order valence-corrected chi connectivity index (χ3v) is 2.44. The molecule has 1 aliphatic rings. The molecule has 0 radical (unpaired) electrons. The molecule has 0 aromatic carbocycles. The molecule has 1 aliphatic heterocycles. The number of hydrogen-bond donors (Lipinski definition) is 1. The normalized spacial score (nSPS) is 30.7. The van der Waals surface area contributed by atoms with Gasteiger partial charge in [0.1, 0.15) is 0 Å². The van der Waals surface area contributed by atoms with E-state index in [0.717, 1.165) is 0 Å². The van der Waals surface area contributed by atoms with Crippen molar-refractivity contribution in [2.24, 2.45) is 17.8 Å². The molecule has 0 aliphatic carbocycles. The maximum absolute atomic E-state index is 11.3. The summed E-state index contributed by atoms with van der Waals surface area (Å²) in [5, 5.41) is 2.38. The van der Waals surface area contributed by atoms with Gasteiger partial charge in [-0.05, 0) is 12.3 Å². The Hall–Kier alpha value is -0.860. The number of hydrogen-bond acceptors (Lipinski definition) is 2. The number of nitrogens with one attached hydrogen (secondary N) is 1. The van der Waals surface area contributed by atoms with Crippen molar-refractivity contribution in [1.82, 2.24) is 5.32 Å². The maximum atomic E-state index is 11.3. The quantitative estimate of drug-likeness (QED) is 0.594. The Balaban J connectivity index is 2.68. The molecule has 0 aromatic rings. The first-order valence-electron chi connectivity index (χ1n) is 4.37. The largest absolute Gasteiger partial charge is 0.296 e. The van der Waals surface area contributed by atoms with Crippen LogP contribution in [0.2, 0.25) is 0 Å². The molecular weight excluding hydrogens is 154 g/mol. The molecule has 1 rings (SSSR count). The monoisotopic (exact) mass is 169 g/mol. The second-order valence-corrected chi connectivity index (χ2v) is 3.84. The first kappa shape index (κ1) is 9.23. The molecule has 3 heteroatoms. The van der Waals surface area contributed by atoms with Crippen LogP contribution in [-0.2, 0) is 9.59 Å². The van der Waals surface area contributed by atoms with Gasteiger partial charge in [0.25, 0.3) is 0 Å². The predicted molar refractivity (Wildman–Crippen MR) is 45.3 cm³/mol. The average Bonchev–Trinajstić information content (AvgIpc) is 1.96. The van der Waals surface area contributed by atoms with Crippen molar-refractivity contribution < 1.29 is 9.59 Å². The Morgan fingerprint density at radius 1 is 1.33 bits per heavy atom. The van der Waals surface area contributed by atoms with Crippen molar-refractivity contribution in [2.75, 3.05) is 0 Å². The fourth-order valence-electron chi connectivity index (χ4n) is 1.51. The Morgan fingerprint density at radius 3 is 2.42 bits per heavy atom. The van der Waals surface area contributed by atoms with Gasteiger partial charge in [-0.2, -0.15) is 0 Å². The Morgan fingerprint density at radius 2 is 1.92 bits per heavy atom. The molecule has 1 saturated heterocycles. The molecule has 2 unspecified atom stereocenters. The highest BCUT2D eigenvalue weighted by Crippen LogP contribution is 2.24. The minimum absolute atomic E-state index is 0.0118. The molecule has 2 atom stereocenters. The van der Waals surface area contributed by atoms with Crippen LogP contribution in [0.1, 0.15) is 27.2 Å². The van der Waals surface area contributed by atoms with Gasteiger partial charge in [0.15, 0.2) is 0 Å². The van der Waals surface area contributed by atoms with Crippen molar-refractivity contribution in [3.05, 3.63) is 0 Å². The predicted octanol–water partition coefficient (Wildman–Crippen LogP) is 0.941. The minimum atomic E-state index is -0.128. The van der Waals surface area contributed by atoms with E-state index in [4.69, 9.17) is 0 Å². The molecule has 0 aromatic heterocycles. The lowest BCUT2D eigenvalue weighted by molar-refractivity contribution is -0.140.